The van der Waals surface area contributed by atoms with Crippen LogP contribution >= 0.6 is 0 Å². The third kappa shape index (κ3) is 7.81. The van der Waals surface area contributed by atoms with Crippen LogP contribution in [0.25, 0.3) is 0 Å². The molecule has 0 heterocycles. The van der Waals surface area contributed by atoms with Crippen molar-refractivity contribution in [3.8, 4) is 11.5 Å². The normalized spacial score (nSPS) is 31.4. The van der Waals surface area contributed by atoms with Gasteiger partial charge in [0.2, 0.25) is 5.75 Å². The number of hydrogen-bond acceptors (Lipinski definition) is 2. The zero-order valence-corrected chi connectivity index (χ0v) is 21.7. The summed E-state index contributed by atoms with van der Waals surface area (Å²) < 4.78 is 102. The van der Waals surface area contributed by atoms with Crippen LogP contribution in [-0.2, 0) is 0 Å². The summed E-state index contributed by atoms with van der Waals surface area (Å²) in [4.78, 5) is 0. The Kier molecular flexibility index (Phi) is 9.23. The van der Waals surface area contributed by atoms with Gasteiger partial charge in [-0.25, -0.2) is 8.78 Å². The molecule has 4 rings (SSSR count). The summed E-state index contributed by atoms with van der Waals surface area (Å²) >= 11 is 0. The number of hydrogen-bond donors (Lipinski definition) is 0. The summed E-state index contributed by atoms with van der Waals surface area (Å²) in [5.74, 6) is -4.19. The van der Waals surface area contributed by atoms with Crippen LogP contribution in [0.15, 0.2) is 24.3 Å². The summed E-state index contributed by atoms with van der Waals surface area (Å²) in [7, 11) is 0. The molecule has 1 aromatic rings. The number of halogens is 7. The minimum Gasteiger partial charge on any atom is -0.432 e. The second kappa shape index (κ2) is 12.1. The molecule has 0 spiro atoms. The average molecular weight is 551 g/mol. The van der Waals surface area contributed by atoms with E-state index in [-0.39, 0.29) is 25.0 Å². The molecule has 0 saturated heterocycles. The van der Waals surface area contributed by atoms with Crippen molar-refractivity contribution in [3.63, 3.8) is 0 Å². The quantitative estimate of drug-likeness (QED) is 0.249. The van der Waals surface area contributed by atoms with E-state index in [0.717, 1.165) is 31.6 Å². The molecule has 38 heavy (non-hydrogen) atoms. The van der Waals surface area contributed by atoms with Gasteiger partial charge >= 0.3 is 12.5 Å². The molecule has 0 aromatic heterocycles. The fourth-order valence-corrected chi connectivity index (χ4v) is 6.58. The summed E-state index contributed by atoms with van der Waals surface area (Å²) in [6.07, 6.45) is 7.19. The lowest BCUT2D eigenvalue weighted by molar-refractivity contribution is -0.276. The smallest absolute Gasteiger partial charge is 0.432 e. The highest BCUT2D eigenvalue weighted by atomic mass is 19.4. The maximum atomic E-state index is 14.8. The Morgan fingerprint density at radius 3 is 1.58 bits per heavy atom. The number of benzene rings is 1. The molecule has 3 fully saturated rings. The van der Waals surface area contributed by atoms with Crippen LogP contribution in [0, 0.1) is 47.1 Å². The Morgan fingerprint density at radius 2 is 1.11 bits per heavy atom. The minimum atomic E-state index is -5.32. The highest BCUT2D eigenvalue weighted by molar-refractivity contribution is 5.35. The van der Waals surface area contributed by atoms with E-state index in [1.165, 1.54) is 25.7 Å². The van der Waals surface area contributed by atoms with Crippen LogP contribution in [0.1, 0.15) is 84.0 Å². The van der Waals surface area contributed by atoms with Gasteiger partial charge in [0.25, 0.3) is 0 Å². The Hall–Kier alpha value is -1.93. The molecule has 214 valence electrons. The van der Waals surface area contributed by atoms with Gasteiger partial charge in [0.15, 0.2) is 11.6 Å². The molecule has 3 aliphatic carbocycles. The third-order valence-electron chi connectivity index (χ3n) is 8.89. The summed E-state index contributed by atoms with van der Waals surface area (Å²) in [6.45, 7) is 2.32. The van der Waals surface area contributed by atoms with Crippen LogP contribution in [-0.4, -0.2) is 12.5 Å². The molecule has 0 amide bonds. The van der Waals surface area contributed by atoms with E-state index in [1.54, 1.807) is 0 Å². The minimum absolute atomic E-state index is 0.220. The van der Waals surface area contributed by atoms with Crippen LogP contribution in [0.5, 0.6) is 11.5 Å². The van der Waals surface area contributed by atoms with Crippen molar-refractivity contribution in [2.45, 2.75) is 96.4 Å². The van der Waals surface area contributed by atoms with E-state index < -0.39 is 41.5 Å². The van der Waals surface area contributed by atoms with Gasteiger partial charge < -0.3 is 9.47 Å². The molecule has 0 N–H and O–H groups in total. The Bertz CT molecular complexity index is 914. The lowest BCUT2D eigenvalue weighted by Gasteiger charge is -2.39. The highest BCUT2D eigenvalue weighted by Crippen LogP contribution is 2.46. The first-order chi connectivity index (χ1) is 17.9. The molecular formula is C29H37F7O2. The fraction of sp³-hybridized carbons (Fsp3) is 0.724. The second-order valence-electron chi connectivity index (χ2n) is 11.6. The van der Waals surface area contributed by atoms with Crippen molar-refractivity contribution in [1.29, 1.82) is 0 Å². The molecule has 2 nitrogen and oxygen atoms in total. The van der Waals surface area contributed by atoms with E-state index in [0.29, 0.717) is 36.5 Å². The molecular weight excluding hydrogens is 513 g/mol. The van der Waals surface area contributed by atoms with Gasteiger partial charge in [-0.3, -0.25) is 0 Å². The van der Waals surface area contributed by atoms with Crippen molar-refractivity contribution in [1.82, 2.24) is 0 Å². The zero-order chi connectivity index (χ0) is 27.5. The first-order valence-corrected chi connectivity index (χ1v) is 13.9. The standard InChI is InChI=1S/C29H37F7O2/c1-18-2-4-19(5-3-18)6-7-20-8-10-21(11-9-20)22-12-14-23(15-13-22)28(32,33)37-24-16-25(30)27(26(31)17-24)38-29(34,35)36/h6-7,16-23H,2-5,8-15H2,1H3/b7-6+. The maximum Gasteiger partial charge on any atom is 0.573 e. The number of rotatable bonds is 7. The van der Waals surface area contributed by atoms with Crippen LogP contribution in [0.2, 0.25) is 0 Å². The Morgan fingerprint density at radius 1 is 0.658 bits per heavy atom. The average Bonchev–Trinajstić information content (AvgIpc) is 2.86. The Labute approximate surface area is 220 Å². The lowest BCUT2D eigenvalue weighted by atomic mass is 9.69. The van der Waals surface area contributed by atoms with Gasteiger partial charge in [0.1, 0.15) is 5.75 Å². The van der Waals surface area contributed by atoms with Gasteiger partial charge in [-0.05, 0) is 93.8 Å². The van der Waals surface area contributed by atoms with E-state index in [2.05, 4.69) is 28.5 Å². The molecule has 0 unspecified atom stereocenters. The zero-order valence-electron chi connectivity index (χ0n) is 21.7. The van der Waals surface area contributed by atoms with Gasteiger partial charge in [-0.2, -0.15) is 8.78 Å². The first kappa shape index (κ1) is 29.1. The molecule has 0 aliphatic heterocycles. The van der Waals surface area contributed by atoms with Crippen molar-refractivity contribution in [2.75, 3.05) is 0 Å². The predicted molar refractivity (Wildman–Crippen MR) is 130 cm³/mol. The van der Waals surface area contributed by atoms with Crippen molar-refractivity contribution < 1.29 is 40.2 Å². The van der Waals surface area contributed by atoms with E-state index >= 15 is 0 Å². The number of alkyl halides is 5. The SMILES string of the molecule is CC1CCC(/C=C/C2CCC(C3CCC(C(F)(F)Oc4cc(F)c(OC(F)(F)F)c(F)c4)CC3)CC2)CC1. The molecule has 3 saturated carbocycles. The Balaban J connectivity index is 1.24. The predicted octanol–water partition coefficient (Wildman–Crippen LogP) is 9.83. The molecule has 0 bridgehead atoms. The molecule has 0 radical (unpaired) electrons. The third-order valence-corrected chi connectivity index (χ3v) is 8.89. The highest BCUT2D eigenvalue weighted by Gasteiger charge is 2.45. The van der Waals surface area contributed by atoms with Gasteiger partial charge in [-0.15, -0.1) is 13.2 Å². The van der Waals surface area contributed by atoms with E-state index in [9.17, 15) is 30.7 Å². The van der Waals surface area contributed by atoms with Crippen molar-refractivity contribution >= 4 is 0 Å². The summed E-state index contributed by atoms with van der Waals surface area (Å²) in [5, 5.41) is 0. The van der Waals surface area contributed by atoms with Crippen molar-refractivity contribution in [3.05, 3.63) is 35.9 Å². The monoisotopic (exact) mass is 550 g/mol. The fourth-order valence-electron chi connectivity index (χ4n) is 6.58. The molecule has 1 aromatic carbocycles. The van der Waals surface area contributed by atoms with E-state index in [4.69, 9.17) is 0 Å². The topological polar surface area (TPSA) is 18.5 Å². The molecule has 9 heteroatoms. The van der Waals surface area contributed by atoms with Crippen LogP contribution in [0.4, 0.5) is 30.7 Å². The number of allylic oxidation sites excluding steroid dienone is 2. The number of ether oxygens (including phenoxy) is 2. The van der Waals surface area contributed by atoms with Crippen LogP contribution in [0.3, 0.4) is 0 Å². The van der Waals surface area contributed by atoms with E-state index in [1.807, 2.05) is 0 Å². The largest absolute Gasteiger partial charge is 0.573 e. The van der Waals surface area contributed by atoms with Crippen molar-refractivity contribution in [2.24, 2.45) is 35.5 Å². The summed E-state index contributed by atoms with van der Waals surface area (Å²) in [5.41, 5.74) is 0. The second-order valence-corrected chi connectivity index (χ2v) is 11.6. The molecule has 0 atom stereocenters. The van der Waals surface area contributed by atoms with Gasteiger partial charge in [0, 0.05) is 12.1 Å². The van der Waals surface area contributed by atoms with Crippen LogP contribution < -0.4 is 9.47 Å². The van der Waals surface area contributed by atoms with Gasteiger partial charge in [0.05, 0.1) is 5.92 Å². The first-order valence-electron chi connectivity index (χ1n) is 13.9. The summed E-state index contributed by atoms with van der Waals surface area (Å²) in [6, 6.07) is 0.566. The lowest BCUT2D eigenvalue weighted by Crippen LogP contribution is -2.38. The van der Waals surface area contributed by atoms with Gasteiger partial charge in [-0.1, -0.05) is 31.9 Å². The maximum absolute atomic E-state index is 14.8. The molecule has 3 aliphatic rings.